The second kappa shape index (κ2) is 7.59. The highest BCUT2D eigenvalue weighted by Crippen LogP contribution is 2.28. The van der Waals surface area contributed by atoms with Gasteiger partial charge >= 0.3 is 0 Å². The standard InChI is InChI=1S/C16H18N2O2S/c1-2-19-15-10-13(16(17)21)5-6-14(15)20-9-7-12-4-3-8-18-11-12/h3-6,8,10-11H,2,7,9H2,1H3,(H2,17,21). The average molecular weight is 302 g/mol. The molecule has 2 rings (SSSR count). The molecule has 0 aliphatic carbocycles. The lowest BCUT2D eigenvalue weighted by Gasteiger charge is -2.13. The fraction of sp³-hybridized carbons (Fsp3) is 0.250. The van der Waals surface area contributed by atoms with E-state index in [-0.39, 0.29) is 0 Å². The molecule has 0 radical (unpaired) electrons. The Morgan fingerprint density at radius 3 is 2.76 bits per heavy atom. The van der Waals surface area contributed by atoms with E-state index in [1.807, 2.05) is 43.5 Å². The lowest BCUT2D eigenvalue weighted by atomic mass is 10.2. The largest absolute Gasteiger partial charge is 0.490 e. The number of nitrogens with two attached hydrogens (primary N) is 1. The van der Waals surface area contributed by atoms with Gasteiger partial charge in [-0.1, -0.05) is 18.3 Å². The van der Waals surface area contributed by atoms with Crippen molar-refractivity contribution in [3.63, 3.8) is 0 Å². The minimum Gasteiger partial charge on any atom is -0.490 e. The Bertz CT molecular complexity index is 602. The van der Waals surface area contributed by atoms with Gasteiger partial charge < -0.3 is 15.2 Å². The van der Waals surface area contributed by atoms with Gasteiger partial charge in [-0.05, 0) is 36.8 Å². The summed E-state index contributed by atoms with van der Waals surface area (Å²) in [6, 6.07) is 9.42. The molecular formula is C16H18N2O2S. The highest BCUT2D eigenvalue weighted by atomic mass is 32.1. The van der Waals surface area contributed by atoms with Gasteiger partial charge in [-0.15, -0.1) is 0 Å². The van der Waals surface area contributed by atoms with Gasteiger partial charge in [0.1, 0.15) is 4.99 Å². The summed E-state index contributed by atoms with van der Waals surface area (Å²) in [5, 5.41) is 0. The summed E-state index contributed by atoms with van der Waals surface area (Å²) in [4.78, 5) is 4.43. The molecule has 0 unspecified atom stereocenters. The van der Waals surface area contributed by atoms with Crippen LogP contribution in [-0.2, 0) is 6.42 Å². The van der Waals surface area contributed by atoms with E-state index in [0.717, 1.165) is 17.5 Å². The normalized spacial score (nSPS) is 10.1. The molecular weight excluding hydrogens is 284 g/mol. The molecule has 0 saturated carbocycles. The fourth-order valence-corrected chi connectivity index (χ4v) is 2.00. The number of hydrogen-bond donors (Lipinski definition) is 1. The molecule has 0 bridgehead atoms. The molecule has 110 valence electrons. The van der Waals surface area contributed by atoms with Crippen molar-refractivity contribution >= 4 is 17.2 Å². The summed E-state index contributed by atoms with van der Waals surface area (Å²) in [5.74, 6) is 1.36. The molecule has 0 fully saturated rings. The van der Waals surface area contributed by atoms with E-state index in [0.29, 0.717) is 29.7 Å². The third-order valence-electron chi connectivity index (χ3n) is 2.90. The molecule has 2 aromatic rings. The van der Waals surface area contributed by atoms with Crippen molar-refractivity contribution in [2.75, 3.05) is 13.2 Å². The number of rotatable bonds is 7. The van der Waals surface area contributed by atoms with Gasteiger partial charge in [0.2, 0.25) is 0 Å². The molecule has 0 amide bonds. The van der Waals surface area contributed by atoms with Crippen LogP contribution in [0.2, 0.25) is 0 Å². The number of aromatic nitrogens is 1. The Morgan fingerprint density at radius 1 is 1.24 bits per heavy atom. The molecule has 2 N–H and O–H groups in total. The van der Waals surface area contributed by atoms with E-state index in [2.05, 4.69) is 4.98 Å². The Hall–Kier alpha value is -2.14. The number of pyridine rings is 1. The lowest BCUT2D eigenvalue weighted by Crippen LogP contribution is -2.10. The van der Waals surface area contributed by atoms with Crippen LogP contribution < -0.4 is 15.2 Å². The quantitative estimate of drug-likeness (QED) is 0.797. The first-order chi connectivity index (χ1) is 10.2. The maximum Gasteiger partial charge on any atom is 0.161 e. The Balaban J connectivity index is 2.03. The van der Waals surface area contributed by atoms with Crippen LogP contribution in [0.4, 0.5) is 0 Å². The van der Waals surface area contributed by atoms with Crippen molar-refractivity contribution in [2.45, 2.75) is 13.3 Å². The van der Waals surface area contributed by atoms with E-state index in [1.54, 1.807) is 6.20 Å². The van der Waals surface area contributed by atoms with E-state index in [4.69, 9.17) is 27.4 Å². The minimum atomic E-state index is 0.345. The Labute approximate surface area is 129 Å². The van der Waals surface area contributed by atoms with Crippen LogP contribution in [-0.4, -0.2) is 23.2 Å². The summed E-state index contributed by atoms with van der Waals surface area (Å²) in [5.41, 5.74) is 7.54. The van der Waals surface area contributed by atoms with Crippen molar-refractivity contribution in [2.24, 2.45) is 5.73 Å². The first-order valence-electron chi connectivity index (χ1n) is 6.79. The van der Waals surface area contributed by atoms with E-state index in [1.165, 1.54) is 0 Å². The van der Waals surface area contributed by atoms with Crippen LogP contribution in [0, 0.1) is 0 Å². The number of benzene rings is 1. The summed E-state index contributed by atoms with van der Waals surface area (Å²) in [6.07, 6.45) is 4.38. The predicted molar refractivity (Wildman–Crippen MR) is 86.9 cm³/mol. The molecule has 1 aromatic heterocycles. The van der Waals surface area contributed by atoms with Crippen molar-refractivity contribution in [1.29, 1.82) is 0 Å². The van der Waals surface area contributed by atoms with Gasteiger partial charge in [0, 0.05) is 24.4 Å². The Morgan fingerprint density at radius 2 is 2.10 bits per heavy atom. The monoisotopic (exact) mass is 302 g/mol. The molecule has 21 heavy (non-hydrogen) atoms. The zero-order valence-corrected chi connectivity index (χ0v) is 12.7. The lowest BCUT2D eigenvalue weighted by molar-refractivity contribution is 0.279. The van der Waals surface area contributed by atoms with Gasteiger partial charge in [0.05, 0.1) is 13.2 Å². The van der Waals surface area contributed by atoms with Crippen molar-refractivity contribution in [3.8, 4) is 11.5 Å². The van der Waals surface area contributed by atoms with Crippen LogP contribution in [0.15, 0.2) is 42.7 Å². The zero-order valence-electron chi connectivity index (χ0n) is 11.9. The van der Waals surface area contributed by atoms with Gasteiger partial charge in [0.25, 0.3) is 0 Å². The van der Waals surface area contributed by atoms with E-state index >= 15 is 0 Å². The first-order valence-corrected chi connectivity index (χ1v) is 7.20. The van der Waals surface area contributed by atoms with Crippen molar-refractivity contribution in [1.82, 2.24) is 4.98 Å². The van der Waals surface area contributed by atoms with Crippen LogP contribution in [0.5, 0.6) is 11.5 Å². The second-order valence-electron chi connectivity index (χ2n) is 4.42. The number of nitrogens with zero attached hydrogens (tertiary/aromatic N) is 1. The highest BCUT2D eigenvalue weighted by molar-refractivity contribution is 7.80. The summed E-state index contributed by atoms with van der Waals surface area (Å²) in [6.45, 7) is 3.03. The molecule has 5 heteroatoms. The maximum absolute atomic E-state index is 5.79. The topological polar surface area (TPSA) is 57.4 Å². The smallest absolute Gasteiger partial charge is 0.161 e. The minimum absolute atomic E-state index is 0.345. The summed E-state index contributed by atoms with van der Waals surface area (Å²) < 4.78 is 11.4. The molecule has 0 atom stereocenters. The van der Waals surface area contributed by atoms with Gasteiger partial charge in [0.15, 0.2) is 11.5 Å². The second-order valence-corrected chi connectivity index (χ2v) is 4.86. The van der Waals surface area contributed by atoms with E-state index in [9.17, 15) is 0 Å². The molecule has 1 heterocycles. The van der Waals surface area contributed by atoms with Crippen LogP contribution >= 0.6 is 12.2 Å². The molecule has 1 aromatic carbocycles. The molecule has 0 aliphatic rings. The van der Waals surface area contributed by atoms with Crippen LogP contribution in [0.25, 0.3) is 0 Å². The number of thiocarbonyl (C=S) groups is 1. The first kappa shape index (κ1) is 15.3. The molecule has 0 spiro atoms. The SMILES string of the molecule is CCOc1cc(C(N)=S)ccc1OCCc1cccnc1. The fourth-order valence-electron chi connectivity index (χ4n) is 1.87. The van der Waals surface area contributed by atoms with Crippen molar-refractivity contribution < 1.29 is 9.47 Å². The number of ether oxygens (including phenoxy) is 2. The van der Waals surface area contributed by atoms with Gasteiger partial charge in [-0.25, -0.2) is 0 Å². The predicted octanol–water partition coefficient (Wildman–Crippen LogP) is 2.74. The molecule has 4 nitrogen and oxygen atoms in total. The van der Waals surface area contributed by atoms with Crippen LogP contribution in [0.1, 0.15) is 18.1 Å². The van der Waals surface area contributed by atoms with Crippen molar-refractivity contribution in [3.05, 3.63) is 53.9 Å². The summed E-state index contributed by atoms with van der Waals surface area (Å²) >= 11 is 4.97. The zero-order chi connectivity index (χ0) is 15.1. The Kier molecular flexibility index (Phi) is 5.51. The summed E-state index contributed by atoms with van der Waals surface area (Å²) in [7, 11) is 0. The average Bonchev–Trinajstić information content (AvgIpc) is 2.50. The van der Waals surface area contributed by atoms with Crippen LogP contribution in [0.3, 0.4) is 0 Å². The van der Waals surface area contributed by atoms with Gasteiger partial charge in [-0.2, -0.15) is 0 Å². The third kappa shape index (κ3) is 4.43. The molecule has 0 aliphatic heterocycles. The maximum atomic E-state index is 5.79. The number of hydrogen-bond acceptors (Lipinski definition) is 4. The molecule has 0 saturated heterocycles. The van der Waals surface area contributed by atoms with Gasteiger partial charge in [-0.3, -0.25) is 4.98 Å². The highest BCUT2D eigenvalue weighted by Gasteiger charge is 2.08. The third-order valence-corrected chi connectivity index (χ3v) is 3.13. The van der Waals surface area contributed by atoms with E-state index < -0.39 is 0 Å².